The summed E-state index contributed by atoms with van der Waals surface area (Å²) >= 11 is 0. The predicted octanol–water partition coefficient (Wildman–Crippen LogP) is 2.71. The normalized spacial score (nSPS) is 14.0. The number of H-pyrrole nitrogens is 1. The third-order valence-corrected chi connectivity index (χ3v) is 6.30. The number of carbonyl (C=O) groups is 1. The lowest BCUT2D eigenvalue weighted by molar-refractivity contribution is -0.118. The quantitative estimate of drug-likeness (QED) is 0.407. The Morgan fingerprint density at radius 2 is 1.83 bits per heavy atom. The number of nitrogens with zero attached hydrogens (tertiary/aromatic N) is 4. The van der Waals surface area contributed by atoms with Crippen LogP contribution in [0, 0.1) is 5.82 Å². The Hall–Kier alpha value is -3.14. The summed E-state index contributed by atoms with van der Waals surface area (Å²) in [5.41, 5.74) is 7.26. The summed E-state index contributed by atoms with van der Waals surface area (Å²) in [7, 11) is 0. The minimum atomic E-state index is -0.641. The first-order valence-corrected chi connectivity index (χ1v) is 11.0. The van der Waals surface area contributed by atoms with Crippen LogP contribution in [0.4, 0.5) is 10.2 Å². The number of hydrogen-bond donors (Lipinski definition) is 2. The number of aromatic nitrogens is 3. The number of amides is 1. The summed E-state index contributed by atoms with van der Waals surface area (Å²) in [5.74, 6) is -0.1000. The van der Waals surface area contributed by atoms with Gasteiger partial charge in [0.25, 0.3) is 5.56 Å². The van der Waals surface area contributed by atoms with Crippen LogP contribution in [0.2, 0.25) is 0 Å². The summed E-state index contributed by atoms with van der Waals surface area (Å²) in [5, 5.41) is 1.89. The molecule has 3 N–H and O–H groups in total. The topological polar surface area (TPSA) is 100 Å². The van der Waals surface area contributed by atoms with Crippen LogP contribution in [-0.2, 0) is 17.8 Å². The van der Waals surface area contributed by atoms with Crippen molar-refractivity contribution >= 4 is 58.3 Å². The van der Waals surface area contributed by atoms with Crippen molar-refractivity contribution in [2.45, 2.75) is 13.0 Å². The van der Waals surface area contributed by atoms with Crippen molar-refractivity contribution in [3.63, 3.8) is 0 Å². The van der Waals surface area contributed by atoms with Gasteiger partial charge in [0.15, 0.2) is 0 Å². The maximum Gasteiger partial charge on any atom is 0.251 e. The minimum absolute atomic E-state index is 0. The first kappa shape index (κ1) is 26.5. The second-order valence-electron chi connectivity index (χ2n) is 8.37. The van der Waals surface area contributed by atoms with Crippen molar-refractivity contribution in [1.29, 1.82) is 0 Å². The largest absolute Gasteiger partial charge is 0.368 e. The summed E-state index contributed by atoms with van der Waals surface area (Å²) in [6.45, 7) is 4.00. The second-order valence-corrected chi connectivity index (χ2v) is 8.37. The Balaban J connectivity index is 0.00000171. The third-order valence-electron chi connectivity index (χ3n) is 6.30. The van der Waals surface area contributed by atoms with Crippen LogP contribution in [0.15, 0.2) is 53.6 Å². The van der Waals surface area contributed by atoms with Gasteiger partial charge in [0.05, 0.1) is 11.0 Å². The molecule has 1 amide bonds. The number of primary amides is 1. The molecule has 1 aromatic carbocycles. The molecule has 5 rings (SSSR count). The fourth-order valence-electron chi connectivity index (χ4n) is 4.63. The van der Waals surface area contributed by atoms with Gasteiger partial charge in [-0.25, -0.2) is 9.37 Å². The molecule has 0 aliphatic carbocycles. The van der Waals surface area contributed by atoms with E-state index in [1.54, 1.807) is 6.07 Å². The summed E-state index contributed by atoms with van der Waals surface area (Å²) in [6.07, 6.45) is 4.41. The average molecular weight is 521 g/mol. The van der Waals surface area contributed by atoms with E-state index in [2.05, 4.69) is 25.8 Å². The van der Waals surface area contributed by atoms with Gasteiger partial charge in [-0.2, -0.15) is 0 Å². The monoisotopic (exact) mass is 520 g/mol. The van der Waals surface area contributed by atoms with E-state index < -0.39 is 11.7 Å². The van der Waals surface area contributed by atoms with E-state index in [4.69, 9.17) is 5.73 Å². The number of piperazine rings is 1. The van der Waals surface area contributed by atoms with Crippen molar-refractivity contribution in [2.24, 2.45) is 5.73 Å². The first-order valence-electron chi connectivity index (χ1n) is 11.0. The van der Waals surface area contributed by atoms with E-state index in [0.717, 1.165) is 60.4 Å². The van der Waals surface area contributed by atoms with Gasteiger partial charge in [-0.3, -0.25) is 19.1 Å². The molecule has 35 heavy (non-hydrogen) atoms. The number of pyridine rings is 2. The highest BCUT2D eigenvalue weighted by atomic mass is 35.5. The zero-order valence-corrected chi connectivity index (χ0v) is 20.6. The molecule has 0 unspecified atom stereocenters. The summed E-state index contributed by atoms with van der Waals surface area (Å²) in [6, 6.07) is 9.89. The SMILES string of the molecule is Cl.Cl.NC(=O)Cn1c(=O)cc(CCN2CCN(c3nccc4[nH]ccc34)CC2)c2ccc(F)cc21. The van der Waals surface area contributed by atoms with E-state index >= 15 is 0 Å². The van der Waals surface area contributed by atoms with Gasteiger partial charge in [-0.1, -0.05) is 0 Å². The average Bonchev–Trinajstić information content (AvgIpc) is 3.29. The molecular formula is C24H27Cl2FN6O2. The number of nitrogens with one attached hydrogen (secondary N) is 1. The zero-order chi connectivity index (χ0) is 22.9. The van der Waals surface area contributed by atoms with Gasteiger partial charge >= 0.3 is 0 Å². The smallest absolute Gasteiger partial charge is 0.251 e. The highest BCUT2D eigenvalue weighted by Crippen LogP contribution is 2.25. The molecule has 1 fully saturated rings. The lowest BCUT2D eigenvalue weighted by Gasteiger charge is -2.35. The molecule has 3 aromatic heterocycles. The van der Waals surface area contributed by atoms with E-state index in [-0.39, 0.29) is 36.9 Å². The highest BCUT2D eigenvalue weighted by molar-refractivity contribution is 5.90. The molecule has 0 atom stereocenters. The van der Waals surface area contributed by atoms with Crippen molar-refractivity contribution < 1.29 is 9.18 Å². The molecule has 8 nitrogen and oxygen atoms in total. The summed E-state index contributed by atoms with van der Waals surface area (Å²) in [4.78, 5) is 36.5. The molecule has 11 heteroatoms. The molecule has 1 saturated heterocycles. The number of benzene rings is 1. The zero-order valence-electron chi connectivity index (χ0n) is 18.9. The maximum atomic E-state index is 13.9. The van der Waals surface area contributed by atoms with E-state index in [9.17, 15) is 14.0 Å². The number of nitrogens with two attached hydrogens (primary N) is 1. The molecule has 0 saturated carbocycles. The molecule has 0 radical (unpaired) electrons. The van der Waals surface area contributed by atoms with Crippen molar-refractivity contribution in [3.8, 4) is 0 Å². The number of aromatic amines is 1. The van der Waals surface area contributed by atoms with Gasteiger partial charge in [-0.15, -0.1) is 24.8 Å². The summed E-state index contributed by atoms with van der Waals surface area (Å²) < 4.78 is 15.1. The van der Waals surface area contributed by atoms with E-state index in [0.29, 0.717) is 11.9 Å². The molecule has 1 aliphatic rings. The van der Waals surface area contributed by atoms with Crippen LogP contribution in [0.5, 0.6) is 0 Å². The van der Waals surface area contributed by atoms with E-state index in [1.165, 1.54) is 22.8 Å². The fourth-order valence-corrected chi connectivity index (χ4v) is 4.63. The molecule has 0 spiro atoms. The molecule has 4 aromatic rings. The van der Waals surface area contributed by atoms with Crippen LogP contribution in [-0.4, -0.2) is 58.1 Å². The van der Waals surface area contributed by atoms with Gasteiger partial charge in [0.1, 0.15) is 18.2 Å². The molecule has 4 heterocycles. The van der Waals surface area contributed by atoms with Gasteiger partial charge in [0.2, 0.25) is 5.91 Å². The number of fused-ring (bicyclic) bond motifs is 2. The molecule has 1 aliphatic heterocycles. The first-order chi connectivity index (χ1) is 16.0. The van der Waals surface area contributed by atoms with Crippen LogP contribution in [0.1, 0.15) is 5.56 Å². The highest BCUT2D eigenvalue weighted by Gasteiger charge is 2.20. The number of rotatable bonds is 6. The molecule has 0 bridgehead atoms. The van der Waals surface area contributed by atoms with Crippen LogP contribution in [0.3, 0.4) is 0 Å². The van der Waals surface area contributed by atoms with Crippen LogP contribution in [0.25, 0.3) is 21.8 Å². The van der Waals surface area contributed by atoms with Crippen molar-refractivity contribution in [2.75, 3.05) is 37.6 Å². The molecular weight excluding hydrogens is 494 g/mol. The Labute approximate surface area is 213 Å². The standard InChI is InChI=1S/C24H25FN6O2.2ClH/c25-17-1-2-18-16(13-23(33)31(15-22(26)32)21(18)14-17)5-8-29-9-11-30(12-10-29)24-19-3-6-27-20(19)4-7-28-24;;/h1-4,6-7,13-14,27H,5,8-12,15H2,(H2,26,32);2*1H. The Kier molecular flexibility index (Phi) is 8.37. The van der Waals surface area contributed by atoms with Gasteiger partial charge in [0, 0.05) is 62.0 Å². The van der Waals surface area contributed by atoms with Crippen LogP contribution >= 0.6 is 24.8 Å². The van der Waals surface area contributed by atoms with Crippen molar-refractivity contribution in [3.05, 3.63) is 70.5 Å². The van der Waals surface area contributed by atoms with Crippen molar-refractivity contribution in [1.82, 2.24) is 19.4 Å². The lowest BCUT2D eigenvalue weighted by atomic mass is 10.0. The van der Waals surface area contributed by atoms with E-state index in [1.807, 2.05) is 18.5 Å². The number of hydrogen-bond acceptors (Lipinski definition) is 5. The third kappa shape index (κ3) is 5.42. The minimum Gasteiger partial charge on any atom is -0.368 e. The Morgan fingerprint density at radius 1 is 1.06 bits per heavy atom. The number of halogens is 3. The Bertz CT molecular complexity index is 1400. The second kappa shape index (κ2) is 11.1. The maximum absolute atomic E-state index is 13.9. The van der Waals surface area contributed by atoms with Gasteiger partial charge < -0.3 is 15.6 Å². The number of anilines is 1. The van der Waals surface area contributed by atoms with Gasteiger partial charge in [-0.05, 0) is 42.3 Å². The number of carbonyl (C=O) groups excluding carboxylic acids is 1. The lowest BCUT2D eigenvalue weighted by Crippen LogP contribution is -2.47. The fraction of sp³-hybridized carbons (Fsp3) is 0.292. The predicted molar refractivity (Wildman–Crippen MR) is 140 cm³/mol. The van der Waals surface area contributed by atoms with Crippen LogP contribution < -0.4 is 16.2 Å². The Morgan fingerprint density at radius 3 is 2.57 bits per heavy atom. The molecule has 186 valence electrons.